The zero-order valence-corrected chi connectivity index (χ0v) is 14.4. The van der Waals surface area contributed by atoms with Crippen molar-refractivity contribution in [3.05, 3.63) is 47.3 Å². The number of hydrogen-bond acceptors (Lipinski definition) is 5. The third kappa shape index (κ3) is 5.75. The number of carbonyl (C=O) groups is 1. The lowest BCUT2D eigenvalue weighted by Crippen LogP contribution is -2.28. The van der Waals surface area contributed by atoms with Gasteiger partial charge in [-0.15, -0.1) is 0 Å². The normalized spacial score (nSPS) is 10.8. The highest BCUT2D eigenvalue weighted by Crippen LogP contribution is 2.17. The van der Waals surface area contributed by atoms with Crippen LogP contribution in [0.5, 0.6) is 0 Å². The van der Waals surface area contributed by atoms with Gasteiger partial charge in [0.2, 0.25) is 5.95 Å². The zero-order chi connectivity index (χ0) is 18.4. The SMILES string of the molecule is Cc1cc(C(=O)NCCCN(C)C)nc(Nc2ccc(F)c(F)c2)n1. The molecule has 2 N–H and O–H groups in total. The molecular weight excluding hydrogens is 328 g/mol. The largest absolute Gasteiger partial charge is 0.351 e. The average molecular weight is 349 g/mol. The molecule has 0 saturated heterocycles. The van der Waals surface area contributed by atoms with E-state index in [4.69, 9.17) is 0 Å². The second-order valence-electron chi connectivity index (χ2n) is 5.88. The highest BCUT2D eigenvalue weighted by Gasteiger charge is 2.11. The van der Waals surface area contributed by atoms with Crippen LogP contribution in [0.2, 0.25) is 0 Å². The van der Waals surface area contributed by atoms with E-state index in [0.717, 1.165) is 25.1 Å². The minimum absolute atomic E-state index is 0.143. The summed E-state index contributed by atoms with van der Waals surface area (Å²) in [6.07, 6.45) is 0.822. The van der Waals surface area contributed by atoms with E-state index in [-0.39, 0.29) is 17.5 Å². The molecule has 8 heteroatoms. The van der Waals surface area contributed by atoms with Gasteiger partial charge in [-0.2, -0.15) is 0 Å². The van der Waals surface area contributed by atoms with Crippen LogP contribution in [-0.2, 0) is 0 Å². The number of nitrogens with one attached hydrogen (secondary N) is 2. The van der Waals surface area contributed by atoms with Crippen molar-refractivity contribution in [2.75, 3.05) is 32.5 Å². The lowest BCUT2D eigenvalue weighted by atomic mass is 10.3. The van der Waals surface area contributed by atoms with E-state index in [2.05, 4.69) is 20.6 Å². The minimum Gasteiger partial charge on any atom is -0.351 e. The van der Waals surface area contributed by atoms with Crippen molar-refractivity contribution in [2.24, 2.45) is 0 Å². The first kappa shape index (κ1) is 18.7. The number of anilines is 2. The number of aromatic nitrogens is 2. The third-order valence-electron chi connectivity index (χ3n) is 3.33. The Morgan fingerprint density at radius 1 is 1.16 bits per heavy atom. The number of rotatable bonds is 7. The van der Waals surface area contributed by atoms with Crippen LogP contribution in [0.3, 0.4) is 0 Å². The first-order valence-corrected chi connectivity index (χ1v) is 7.86. The van der Waals surface area contributed by atoms with Gasteiger partial charge in [0.1, 0.15) is 5.69 Å². The molecule has 134 valence electrons. The molecule has 6 nitrogen and oxygen atoms in total. The summed E-state index contributed by atoms with van der Waals surface area (Å²) in [5, 5.41) is 5.57. The second kappa shape index (κ2) is 8.48. The molecule has 1 aromatic heterocycles. The summed E-state index contributed by atoms with van der Waals surface area (Å²) in [5.74, 6) is -2.08. The molecule has 0 radical (unpaired) electrons. The van der Waals surface area contributed by atoms with Crippen LogP contribution in [0.25, 0.3) is 0 Å². The fourth-order valence-corrected chi connectivity index (χ4v) is 2.13. The summed E-state index contributed by atoms with van der Waals surface area (Å²) in [5.41, 5.74) is 1.09. The molecule has 1 aromatic carbocycles. The van der Waals surface area contributed by atoms with Crippen LogP contribution in [0.4, 0.5) is 20.4 Å². The van der Waals surface area contributed by atoms with Gasteiger partial charge in [-0.05, 0) is 52.2 Å². The van der Waals surface area contributed by atoms with Crippen LogP contribution in [0.1, 0.15) is 22.6 Å². The van der Waals surface area contributed by atoms with Crippen LogP contribution < -0.4 is 10.6 Å². The van der Waals surface area contributed by atoms with Crippen molar-refractivity contribution in [2.45, 2.75) is 13.3 Å². The number of aryl methyl sites for hydroxylation is 1. The van der Waals surface area contributed by atoms with E-state index >= 15 is 0 Å². The lowest BCUT2D eigenvalue weighted by Gasteiger charge is -2.11. The Bertz CT molecular complexity index is 752. The summed E-state index contributed by atoms with van der Waals surface area (Å²) in [4.78, 5) is 22.5. The number of carbonyl (C=O) groups excluding carboxylic acids is 1. The Hall–Kier alpha value is -2.61. The van der Waals surface area contributed by atoms with Crippen molar-refractivity contribution >= 4 is 17.5 Å². The Labute approximate surface area is 145 Å². The molecule has 0 atom stereocenters. The number of benzene rings is 1. The molecule has 0 bridgehead atoms. The molecule has 0 aliphatic heterocycles. The number of nitrogens with zero attached hydrogens (tertiary/aromatic N) is 3. The van der Waals surface area contributed by atoms with Gasteiger partial charge in [-0.1, -0.05) is 0 Å². The highest BCUT2D eigenvalue weighted by molar-refractivity contribution is 5.92. The Balaban J connectivity index is 2.06. The second-order valence-corrected chi connectivity index (χ2v) is 5.88. The van der Waals surface area contributed by atoms with Crippen molar-refractivity contribution in [3.8, 4) is 0 Å². The van der Waals surface area contributed by atoms with Gasteiger partial charge < -0.3 is 15.5 Å². The molecule has 0 aliphatic rings. The molecule has 1 heterocycles. The fourth-order valence-electron chi connectivity index (χ4n) is 2.13. The molecule has 0 unspecified atom stereocenters. The molecular formula is C17H21F2N5O. The Morgan fingerprint density at radius 3 is 2.60 bits per heavy atom. The smallest absolute Gasteiger partial charge is 0.270 e. The molecule has 2 rings (SSSR count). The van der Waals surface area contributed by atoms with Crippen LogP contribution in [-0.4, -0.2) is 48.0 Å². The number of amides is 1. The first-order valence-electron chi connectivity index (χ1n) is 7.86. The molecule has 25 heavy (non-hydrogen) atoms. The van der Waals surface area contributed by atoms with Gasteiger partial charge >= 0.3 is 0 Å². The molecule has 0 aliphatic carbocycles. The summed E-state index contributed by atoms with van der Waals surface area (Å²) < 4.78 is 26.3. The molecule has 0 fully saturated rings. The predicted molar refractivity (Wildman–Crippen MR) is 91.9 cm³/mol. The van der Waals surface area contributed by atoms with Gasteiger partial charge in [0.25, 0.3) is 5.91 Å². The van der Waals surface area contributed by atoms with Crippen molar-refractivity contribution in [1.29, 1.82) is 0 Å². The topological polar surface area (TPSA) is 70.2 Å². The maximum absolute atomic E-state index is 13.3. The van der Waals surface area contributed by atoms with E-state index in [0.29, 0.717) is 17.9 Å². The Morgan fingerprint density at radius 2 is 1.92 bits per heavy atom. The van der Waals surface area contributed by atoms with Gasteiger partial charge in [0.15, 0.2) is 11.6 Å². The van der Waals surface area contributed by atoms with Crippen molar-refractivity contribution < 1.29 is 13.6 Å². The zero-order valence-electron chi connectivity index (χ0n) is 14.4. The lowest BCUT2D eigenvalue weighted by molar-refractivity contribution is 0.0947. The van der Waals surface area contributed by atoms with Crippen molar-refractivity contribution in [3.63, 3.8) is 0 Å². The van der Waals surface area contributed by atoms with Crippen LogP contribution in [0.15, 0.2) is 24.3 Å². The summed E-state index contributed by atoms with van der Waals surface area (Å²) >= 11 is 0. The van der Waals surface area contributed by atoms with Gasteiger partial charge in [-0.25, -0.2) is 18.7 Å². The number of halogens is 2. The summed E-state index contributed by atoms with van der Waals surface area (Å²) in [6.45, 7) is 3.12. The predicted octanol–water partition coefficient (Wildman–Crippen LogP) is 2.49. The maximum Gasteiger partial charge on any atom is 0.270 e. The number of hydrogen-bond donors (Lipinski definition) is 2. The fraction of sp³-hybridized carbons (Fsp3) is 0.353. The Kier molecular flexibility index (Phi) is 6.35. The van der Waals surface area contributed by atoms with E-state index in [1.807, 2.05) is 19.0 Å². The van der Waals surface area contributed by atoms with Gasteiger partial charge in [-0.3, -0.25) is 4.79 Å². The molecule has 1 amide bonds. The van der Waals surface area contributed by atoms with E-state index in [1.165, 1.54) is 6.07 Å². The molecule has 0 spiro atoms. The molecule has 0 saturated carbocycles. The first-order chi connectivity index (χ1) is 11.8. The van der Waals surface area contributed by atoms with Crippen molar-refractivity contribution in [1.82, 2.24) is 20.2 Å². The average Bonchev–Trinajstić information content (AvgIpc) is 2.54. The molecule has 2 aromatic rings. The summed E-state index contributed by atoms with van der Waals surface area (Å²) in [6, 6.07) is 4.94. The van der Waals surface area contributed by atoms with E-state index < -0.39 is 11.6 Å². The highest BCUT2D eigenvalue weighted by atomic mass is 19.2. The minimum atomic E-state index is -0.975. The quantitative estimate of drug-likeness (QED) is 0.752. The van der Waals surface area contributed by atoms with E-state index in [1.54, 1.807) is 13.0 Å². The van der Waals surface area contributed by atoms with E-state index in [9.17, 15) is 13.6 Å². The monoisotopic (exact) mass is 349 g/mol. The van der Waals surface area contributed by atoms with Gasteiger partial charge in [0.05, 0.1) is 0 Å². The van der Waals surface area contributed by atoms with Crippen LogP contribution >= 0.6 is 0 Å². The standard InChI is InChI=1S/C17H21F2N5O/c1-11-9-15(16(25)20-7-4-8-24(2)3)23-17(21-11)22-12-5-6-13(18)14(19)10-12/h5-6,9-10H,4,7-8H2,1-3H3,(H,20,25)(H,21,22,23). The third-order valence-corrected chi connectivity index (χ3v) is 3.33. The van der Waals surface area contributed by atoms with Gasteiger partial charge in [0, 0.05) is 24.0 Å². The van der Waals surface area contributed by atoms with Crippen LogP contribution in [0, 0.1) is 18.6 Å². The maximum atomic E-state index is 13.3. The summed E-state index contributed by atoms with van der Waals surface area (Å²) in [7, 11) is 3.93.